The van der Waals surface area contributed by atoms with E-state index in [1.807, 2.05) is 19.1 Å². The summed E-state index contributed by atoms with van der Waals surface area (Å²) in [6.45, 7) is 1.87. The van der Waals surface area contributed by atoms with Gasteiger partial charge in [-0.3, -0.25) is 10.6 Å². The molecule has 0 unspecified atom stereocenters. The second-order valence-corrected chi connectivity index (χ2v) is 4.89. The number of rotatable bonds is 3. The summed E-state index contributed by atoms with van der Waals surface area (Å²) in [5.74, 6) is 5.04. The Morgan fingerprint density at radius 1 is 1.24 bits per heavy atom. The topological polar surface area (TPSA) is 90.9 Å². The molecule has 2 rings (SSSR count). The number of carbonyl (C=O) groups excluding carboxylic acids is 1. The van der Waals surface area contributed by atoms with E-state index in [0.29, 0.717) is 27.5 Å². The third-order valence-corrected chi connectivity index (χ3v) is 3.16. The molecule has 1 amide bonds. The van der Waals surface area contributed by atoms with E-state index in [-0.39, 0.29) is 5.91 Å². The number of nitrogens with one attached hydrogen (secondary N) is 2. The van der Waals surface area contributed by atoms with Crippen molar-refractivity contribution in [1.29, 1.82) is 5.26 Å². The van der Waals surface area contributed by atoms with Crippen LogP contribution in [0.15, 0.2) is 36.4 Å². The molecule has 4 N–H and O–H groups in total. The fourth-order valence-corrected chi connectivity index (χ4v) is 2.05. The van der Waals surface area contributed by atoms with Crippen LogP contribution in [0.2, 0.25) is 5.02 Å². The molecular weight excluding hydrogens is 288 g/mol. The summed E-state index contributed by atoms with van der Waals surface area (Å²) in [5.41, 5.74) is 4.98. The molecule has 5 nitrogen and oxygen atoms in total. The fourth-order valence-electron chi connectivity index (χ4n) is 1.88. The lowest BCUT2D eigenvalue weighted by Gasteiger charge is -2.11. The number of amides is 1. The maximum absolute atomic E-state index is 12.4. The molecule has 0 heterocycles. The van der Waals surface area contributed by atoms with Gasteiger partial charge in [-0.1, -0.05) is 23.2 Å². The normalized spacial score (nSPS) is 9.81. The van der Waals surface area contributed by atoms with Gasteiger partial charge in [-0.2, -0.15) is 5.26 Å². The van der Waals surface area contributed by atoms with E-state index < -0.39 is 0 Å². The van der Waals surface area contributed by atoms with Crippen LogP contribution in [-0.2, 0) is 0 Å². The monoisotopic (exact) mass is 300 g/mol. The maximum Gasteiger partial charge on any atom is 0.257 e. The van der Waals surface area contributed by atoms with Crippen molar-refractivity contribution in [3.8, 4) is 6.07 Å². The number of nitrogens with zero attached hydrogens (tertiary/aromatic N) is 1. The van der Waals surface area contributed by atoms with E-state index >= 15 is 0 Å². The maximum atomic E-state index is 12.4. The van der Waals surface area contributed by atoms with E-state index in [4.69, 9.17) is 22.7 Å². The van der Waals surface area contributed by atoms with Gasteiger partial charge >= 0.3 is 0 Å². The number of aryl methyl sites for hydroxylation is 1. The van der Waals surface area contributed by atoms with Gasteiger partial charge in [0, 0.05) is 5.02 Å². The van der Waals surface area contributed by atoms with Gasteiger partial charge in [0.25, 0.3) is 5.91 Å². The summed E-state index contributed by atoms with van der Waals surface area (Å²) in [7, 11) is 0. The number of hydrogen-bond acceptors (Lipinski definition) is 4. The summed E-state index contributed by atoms with van der Waals surface area (Å²) in [4.78, 5) is 12.4. The molecule has 0 bridgehead atoms. The molecule has 21 heavy (non-hydrogen) atoms. The van der Waals surface area contributed by atoms with Crippen LogP contribution in [0.3, 0.4) is 0 Å². The Morgan fingerprint density at radius 2 is 2.00 bits per heavy atom. The predicted molar refractivity (Wildman–Crippen MR) is 83.1 cm³/mol. The first-order chi connectivity index (χ1) is 10.0. The van der Waals surface area contributed by atoms with Gasteiger partial charge < -0.3 is 10.7 Å². The van der Waals surface area contributed by atoms with Crippen LogP contribution >= 0.6 is 11.6 Å². The largest absolute Gasteiger partial charge is 0.323 e. The number of nitrogens with two attached hydrogens (primary N) is 1. The number of hydrazine groups is 1. The Kier molecular flexibility index (Phi) is 4.43. The molecule has 0 saturated heterocycles. The van der Waals surface area contributed by atoms with Gasteiger partial charge in [0.15, 0.2) is 0 Å². The lowest BCUT2D eigenvalue weighted by Crippen LogP contribution is -2.18. The lowest BCUT2D eigenvalue weighted by atomic mass is 10.1. The first-order valence-electron chi connectivity index (χ1n) is 6.13. The highest BCUT2D eigenvalue weighted by Crippen LogP contribution is 2.23. The summed E-state index contributed by atoms with van der Waals surface area (Å²) in [6.07, 6.45) is 0. The average Bonchev–Trinajstić information content (AvgIpc) is 2.47. The molecule has 0 radical (unpaired) electrons. The molecular formula is C15H13ClN4O. The number of nitrogen functional groups attached to an aromatic ring is 1. The van der Waals surface area contributed by atoms with Crippen molar-refractivity contribution >= 4 is 28.9 Å². The number of carbonyl (C=O) groups is 1. The van der Waals surface area contributed by atoms with Gasteiger partial charge in [-0.25, -0.2) is 0 Å². The highest BCUT2D eigenvalue weighted by atomic mass is 35.5. The molecule has 106 valence electrons. The predicted octanol–water partition coefficient (Wildman–Crippen LogP) is 3.06. The van der Waals surface area contributed by atoms with Crippen molar-refractivity contribution in [1.82, 2.24) is 0 Å². The van der Waals surface area contributed by atoms with Crippen molar-refractivity contribution in [3.05, 3.63) is 58.1 Å². The smallest absolute Gasteiger partial charge is 0.257 e. The van der Waals surface area contributed by atoms with Crippen LogP contribution < -0.4 is 16.6 Å². The molecule has 0 aliphatic heterocycles. The van der Waals surface area contributed by atoms with Crippen molar-refractivity contribution < 1.29 is 4.79 Å². The van der Waals surface area contributed by atoms with E-state index in [0.717, 1.165) is 5.56 Å². The van der Waals surface area contributed by atoms with E-state index in [9.17, 15) is 4.79 Å². The highest BCUT2D eigenvalue weighted by molar-refractivity contribution is 6.31. The molecule has 0 spiro atoms. The summed E-state index contributed by atoms with van der Waals surface area (Å²) < 4.78 is 0. The number of halogens is 1. The summed E-state index contributed by atoms with van der Waals surface area (Å²) in [6, 6.07) is 11.9. The van der Waals surface area contributed by atoms with Crippen LogP contribution in [0, 0.1) is 18.3 Å². The number of nitriles is 1. The van der Waals surface area contributed by atoms with Crippen LogP contribution in [0.5, 0.6) is 0 Å². The number of hydrogen-bond donors (Lipinski definition) is 3. The Bertz CT molecular complexity index is 737. The Labute approximate surface area is 127 Å². The van der Waals surface area contributed by atoms with Gasteiger partial charge in [0.1, 0.15) is 6.07 Å². The molecule has 2 aromatic rings. The second-order valence-electron chi connectivity index (χ2n) is 4.45. The van der Waals surface area contributed by atoms with Crippen LogP contribution in [0.25, 0.3) is 0 Å². The fraction of sp³-hybridized carbons (Fsp3) is 0.0667. The van der Waals surface area contributed by atoms with Gasteiger partial charge in [-0.15, -0.1) is 0 Å². The third kappa shape index (κ3) is 3.31. The van der Waals surface area contributed by atoms with Gasteiger partial charge in [-0.05, 0) is 37.3 Å². The zero-order valence-corrected chi connectivity index (χ0v) is 12.0. The molecule has 0 saturated carbocycles. The third-order valence-electron chi connectivity index (χ3n) is 2.93. The van der Waals surface area contributed by atoms with Crippen molar-refractivity contribution in [2.45, 2.75) is 6.92 Å². The highest BCUT2D eigenvalue weighted by Gasteiger charge is 2.13. The molecule has 0 aliphatic carbocycles. The van der Waals surface area contributed by atoms with Gasteiger partial charge in [0.05, 0.1) is 22.5 Å². The van der Waals surface area contributed by atoms with Crippen LogP contribution in [0.1, 0.15) is 21.5 Å². The van der Waals surface area contributed by atoms with E-state index in [2.05, 4.69) is 10.7 Å². The summed E-state index contributed by atoms with van der Waals surface area (Å²) in [5, 5.41) is 12.2. The quantitative estimate of drug-likeness (QED) is 0.600. The Morgan fingerprint density at radius 3 is 2.67 bits per heavy atom. The molecule has 0 fully saturated rings. The zero-order chi connectivity index (χ0) is 15.4. The van der Waals surface area contributed by atoms with Crippen molar-refractivity contribution in [3.63, 3.8) is 0 Å². The molecule has 0 aliphatic rings. The Hall–Kier alpha value is -2.55. The van der Waals surface area contributed by atoms with Gasteiger partial charge in [0.2, 0.25) is 0 Å². The molecule has 2 aromatic carbocycles. The Balaban J connectivity index is 2.37. The zero-order valence-electron chi connectivity index (χ0n) is 11.3. The SMILES string of the molecule is Cc1ccc(NN)c(C(=O)Nc2cc(Cl)ccc2C#N)c1. The average molecular weight is 301 g/mol. The van der Waals surface area contributed by atoms with Crippen LogP contribution in [0.4, 0.5) is 11.4 Å². The van der Waals surface area contributed by atoms with E-state index in [1.54, 1.807) is 24.3 Å². The van der Waals surface area contributed by atoms with Crippen molar-refractivity contribution in [2.24, 2.45) is 5.84 Å². The first kappa shape index (κ1) is 14.9. The second kappa shape index (κ2) is 6.27. The van der Waals surface area contributed by atoms with Crippen molar-refractivity contribution in [2.75, 3.05) is 10.7 Å². The minimum Gasteiger partial charge on any atom is -0.323 e. The minimum absolute atomic E-state index is 0.336. The lowest BCUT2D eigenvalue weighted by molar-refractivity contribution is 0.102. The molecule has 0 aromatic heterocycles. The summed E-state index contributed by atoms with van der Waals surface area (Å²) >= 11 is 5.89. The standard InChI is InChI=1S/C15H13ClN4O/c1-9-2-5-13(20-18)12(6-9)15(21)19-14-7-11(16)4-3-10(14)8-17/h2-7,20H,18H2,1H3,(H,19,21). The minimum atomic E-state index is -0.370. The molecule has 0 atom stereocenters. The van der Waals surface area contributed by atoms with E-state index in [1.165, 1.54) is 6.07 Å². The van der Waals surface area contributed by atoms with Crippen LogP contribution in [-0.4, -0.2) is 5.91 Å². The first-order valence-corrected chi connectivity index (χ1v) is 6.51. The molecule has 6 heteroatoms. The number of benzene rings is 2. The number of anilines is 2.